The molecule has 0 saturated carbocycles. The van der Waals surface area contributed by atoms with Crippen LogP contribution in [0.3, 0.4) is 0 Å². The molecule has 1 aliphatic rings. The number of rotatable bonds is 7. The number of methoxy groups -OCH3 is 2. The molecule has 0 saturated heterocycles. The van der Waals surface area contributed by atoms with E-state index in [0.717, 1.165) is 28.0 Å². The van der Waals surface area contributed by atoms with E-state index in [1.54, 1.807) is 31.6 Å². The Morgan fingerprint density at radius 1 is 1.17 bits per heavy atom. The summed E-state index contributed by atoms with van der Waals surface area (Å²) in [7, 11) is 3.16. The van der Waals surface area contributed by atoms with Gasteiger partial charge in [-0.25, -0.2) is 0 Å². The number of ether oxygens (including phenoxy) is 3. The first-order chi connectivity index (χ1) is 14.6. The van der Waals surface area contributed by atoms with Gasteiger partial charge in [-0.3, -0.25) is 4.79 Å². The summed E-state index contributed by atoms with van der Waals surface area (Å²) >= 11 is 8.10. The minimum Gasteiger partial charge on any atom is -0.493 e. The third-order valence-electron chi connectivity index (χ3n) is 5.05. The van der Waals surface area contributed by atoms with Crippen molar-refractivity contribution in [3.05, 3.63) is 63.3 Å². The number of hydrogen-bond acceptors (Lipinski definition) is 5. The molecule has 1 aliphatic heterocycles. The highest BCUT2D eigenvalue weighted by atomic mass is 35.5. The van der Waals surface area contributed by atoms with Gasteiger partial charge in [0.05, 0.1) is 32.2 Å². The van der Waals surface area contributed by atoms with Crippen molar-refractivity contribution in [3.8, 4) is 28.4 Å². The number of thiophene rings is 1. The second-order valence-corrected chi connectivity index (χ2v) is 8.26. The molecule has 1 amide bonds. The molecule has 0 fully saturated rings. The molecule has 1 atom stereocenters. The normalized spacial score (nSPS) is 14.7. The number of halogens is 1. The third kappa shape index (κ3) is 4.40. The van der Waals surface area contributed by atoms with Gasteiger partial charge in [0.1, 0.15) is 11.9 Å². The van der Waals surface area contributed by atoms with Gasteiger partial charge in [-0.2, -0.15) is 11.3 Å². The van der Waals surface area contributed by atoms with Crippen molar-refractivity contribution in [2.24, 2.45) is 0 Å². The number of hydrogen-bond donors (Lipinski definition) is 1. The Morgan fingerprint density at radius 2 is 2.00 bits per heavy atom. The molecule has 0 spiro atoms. The van der Waals surface area contributed by atoms with Crippen molar-refractivity contribution in [1.29, 1.82) is 0 Å². The highest BCUT2D eigenvalue weighted by Gasteiger charge is 2.26. The van der Waals surface area contributed by atoms with Crippen molar-refractivity contribution < 1.29 is 19.0 Å². The van der Waals surface area contributed by atoms with E-state index in [1.165, 1.54) is 0 Å². The zero-order valence-corrected chi connectivity index (χ0v) is 18.3. The summed E-state index contributed by atoms with van der Waals surface area (Å²) in [5.41, 5.74) is 4.16. The van der Waals surface area contributed by atoms with Crippen LogP contribution >= 0.6 is 22.9 Å². The van der Waals surface area contributed by atoms with Crippen LogP contribution in [0.25, 0.3) is 11.1 Å². The lowest BCUT2D eigenvalue weighted by Gasteiger charge is -2.13. The van der Waals surface area contributed by atoms with E-state index < -0.39 is 0 Å². The van der Waals surface area contributed by atoms with Crippen LogP contribution < -0.4 is 19.5 Å². The van der Waals surface area contributed by atoms with Gasteiger partial charge >= 0.3 is 0 Å². The van der Waals surface area contributed by atoms with Gasteiger partial charge in [-0.15, -0.1) is 0 Å². The second kappa shape index (κ2) is 8.98. The van der Waals surface area contributed by atoms with E-state index in [-0.39, 0.29) is 18.4 Å². The van der Waals surface area contributed by atoms with Crippen LogP contribution in [0.5, 0.6) is 17.2 Å². The number of nitrogens with one attached hydrogen (secondary N) is 1. The lowest BCUT2D eigenvalue weighted by molar-refractivity contribution is -0.120. The molecule has 2 heterocycles. The van der Waals surface area contributed by atoms with Gasteiger partial charge < -0.3 is 19.5 Å². The predicted molar refractivity (Wildman–Crippen MR) is 119 cm³/mol. The number of amides is 1. The molecule has 0 aliphatic carbocycles. The molecular weight excluding hydrogens is 422 g/mol. The van der Waals surface area contributed by atoms with E-state index in [0.29, 0.717) is 29.5 Å². The van der Waals surface area contributed by atoms with Gasteiger partial charge in [0.25, 0.3) is 0 Å². The maximum absolute atomic E-state index is 12.4. The van der Waals surface area contributed by atoms with Crippen LogP contribution in [0.1, 0.15) is 11.1 Å². The molecule has 1 aromatic heterocycles. The van der Waals surface area contributed by atoms with E-state index in [9.17, 15) is 4.79 Å². The zero-order valence-electron chi connectivity index (χ0n) is 16.7. The van der Waals surface area contributed by atoms with E-state index in [4.69, 9.17) is 25.8 Å². The van der Waals surface area contributed by atoms with Gasteiger partial charge in [0.2, 0.25) is 5.91 Å². The number of carbonyl (C=O) groups excluding carboxylic acids is 1. The Morgan fingerprint density at radius 3 is 2.73 bits per heavy atom. The molecule has 7 heteroatoms. The maximum atomic E-state index is 12.4. The largest absolute Gasteiger partial charge is 0.493 e. The van der Waals surface area contributed by atoms with Gasteiger partial charge in [0, 0.05) is 12.0 Å². The molecule has 2 aromatic carbocycles. The van der Waals surface area contributed by atoms with Crippen molar-refractivity contribution >= 4 is 28.8 Å². The molecule has 5 nitrogen and oxygen atoms in total. The number of carbonyl (C=O) groups is 1. The Labute approximate surface area is 184 Å². The summed E-state index contributed by atoms with van der Waals surface area (Å²) in [5.74, 6) is 1.88. The van der Waals surface area contributed by atoms with Crippen LogP contribution in [0, 0.1) is 0 Å². The first-order valence-electron chi connectivity index (χ1n) is 9.56. The summed E-state index contributed by atoms with van der Waals surface area (Å²) in [6.07, 6.45) is 0.830. The smallest absolute Gasteiger partial charge is 0.224 e. The van der Waals surface area contributed by atoms with E-state index >= 15 is 0 Å². The molecule has 3 aromatic rings. The van der Waals surface area contributed by atoms with Crippen LogP contribution in [-0.2, 0) is 17.6 Å². The van der Waals surface area contributed by atoms with E-state index in [2.05, 4.69) is 22.8 Å². The highest BCUT2D eigenvalue weighted by molar-refractivity contribution is 7.08. The Balaban J connectivity index is 1.35. The molecule has 0 radical (unpaired) electrons. The fraction of sp³-hybridized carbons (Fsp3) is 0.261. The average Bonchev–Trinajstić information content (AvgIpc) is 3.42. The van der Waals surface area contributed by atoms with Crippen molar-refractivity contribution in [2.75, 3.05) is 20.8 Å². The fourth-order valence-corrected chi connectivity index (χ4v) is 4.51. The second-order valence-electron chi connectivity index (χ2n) is 7.07. The van der Waals surface area contributed by atoms with Crippen LogP contribution in [0.2, 0.25) is 5.02 Å². The fourth-order valence-electron chi connectivity index (χ4n) is 3.56. The first-order valence-corrected chi connectivity index (χ1v) is 10.9. The van der Waals surface area contributed by atoms with Gasteiger partial charge in [-0.1, -0.05) is 17.7 Å². The first kappa shape index (κ1) is 20.6. The lowest BCUT2D eigenvalue weighted by atomic mass is 10.0. The predicted octanol–water partition coefficient (Wildman–Crippen LogP) is 4.75. The molecule has 1 N–H and O–H groups in total. The molecule has 30 heavy (non-hydrogen) atoms. The van der Waals surface area contributed by atoms with Crippen molar-refractivity contribution in [1.82, 2.24) is 5.32 Å². The maximum Gasteiger partial charge on any atom is 0.224 e. The molecule has 156 valence electrons. The Bertz CT molecular complexity index is 1050. The standard InChI is InChI=1S/C23H22ClNO4S/c1-27-20-4-3-14(7-21(20)28-2)8-22(26)25-12-18-10-17-9-16(15-5-6-30-13-15)11-19(24)23(17)29-18/h3-7,9,11,13,18H,8,10,12H2,1-2H3,(H,25,26)/t18-/m1/s1. The highest BCUT2D eigenvalue weighted by Crippen LogP contribution is 2.40. The summed E-state index contributed by atoms with van der Waals surface area (Å²) in [6.45, 7) is 0.422. The Hall–Kier alpha value is -2.70. The van der Waals surface area contributed by atoms with Gasteiger partial charge in [-0.05, 0) is 57.8 Å². The summed E-state index contributed by atoms with van der Waals surface area (Å²) in [6, 6.07) is 11.6. The Kier molecular flexibility index (Phi) is 6.16. The van der Waals surface area contributed by atoms with Crippen molar-refractivity contribution in [3.63, 3.8) is 0 Å². The monoisotopic (exact) mass is 443 g/mol. The average molecular weight is 444 g/mol. The summed E-state index contributed by atoms with van der Waals surface area (Å²) < 4.78 is 16.5. The molecule has 0 bridgehead atoms. The van der Waals surface area contributed by atoms with Gasteiger partial charge in [0.15, 0.2) is 11.5 Å². The molecule has 0 unspecified atom stereocenters. The SMILES string of the molecule is COc1ccc(CC(=O)NC[C@H]2Cc3cc(-c4ccsc4)cc(Cl)c3O2)cc1OC. The topological polar surface area (TPSA) is 56.8 Å². The number of fused-ring (bicyclic) bond motifs is 1. The third-order valence-corrected chi connectivity index (χ3v) is 6.01. The lowest BCUT2D eigenvalue weighted by Crippen LogP contribution is -2.35. The zero-order chi connectivity index (χ0) is 21.1. The summed E-state index contributed by atoms with van der Waals surface area (Å²) in [5, 5.41) is 7.71. The van der Waals surface area contributed by atoms with E-state index in [1.807, 2.05) is 23.6 Å². The quantitative estimate of drug-likeness (QED) is 0.572. The minimum absolute atomic E-state index is 0.0770. The molecular formula is C23H22ClNO4S. The van der Waals surface area contributed by atoms with Crippen LogP contribution in [0.15, 0.2) is 47.2 Å². The van der Waals surface area contributed by atoms with Crippen LogP contribution in [-0.4, -0.2) is 32.8 Å². The number of benzene rings is 2. The molecule has 4 rings (SSSR count). The minimum atomic E-state index is -0.135. The van der Waals surface area contributed by atoms with Crippen LogP contribution in [0.4, 0.5) is 0 Å². The summed E-state index contributed by atoms with van der Waals surface area (Å²) in [4.78, 5) is 12.4. The van der Waals surface area contributed by atoms with Crippen molar-refractivity contribution in [2.45, 2.75) is 18.9 Å².